The lowest BCUT2D eigenvalue weighted by molar-refractivity contribution is -0.115. The van der Waals surface area contributed by atoms with Gasteiger partial charge in [0.05, 0.1) is 12.7 Å². The van der Waals surface area contributed by atoms with Gasteiger partial charge in [0.15, 0.2) is 5.76 Å². The zero-order valence-electron chi connectivity index (χ0n) is 10.7. The first-order valence-corrected chi connectivity index (χ1v) is 6.02. The zero-order chi connectivity index (χ0) is 14.3. The van der Waals surface area contributed by atoms with Crippen LogP contribution in [0.5, 0.6) is 0 Å². The Morgan fingerprint density at radius 3 is 2.50 bits per heavy atom. The van der Waals surface area contributed by atoms with Gasteiger partial charge in [0, 0.05) is 0 Å². The summed E-state index contributed by atoms with van der Waals surface area (Å²) in [6.07, 6.45) is 1.10. The van der Waals surface area contributed by atoms with Crippen LogP contribution in [-0.2, 0) is 14.3 Å². The minimum absolute atomic E-state index is 0.0403. The Labute approximate surface area is 115 Å². The van der Waals surface area contributed by atoms with Crippen LogP contribution in [0.25, 0.3) is 0 Å². The van der Waals surface area contributed by atoms with Crippen LogP contribution in [0.15, 0.2) is 65.0 Å². The molecule has 0 amide bonds. The molecule has 2 N–H and O–H groups in total. The summed E-state index contributed by atoms with van der Waals surface area (Å²) in [5, 5.41) is 19.7. The van der Waals surface area contributed by atoms with Gasteiger partial charge in [0.25, 0.3) is 0 Å². The average Bonchev–Trinajstić information content (AvgIpc) is 2.92. The number of hydrogen-bond donors (Lipinski definition) is 2. The second kappa shape index (κ2) is 4.45. The first-order chi connectivity index (χ1) is 9.63. The number of methoxy groups -OCH3 is 1. The quantitative estimate of drug-likeness (QED) is 0.864. The highest BCUT2D eigenvalue weighted by Crippen LogP contribution is 2.40. The van der Waals surface area contributed by atoms with E-state index in [0.29, 0.717) is 0 Å². The van der Waals surface area contributed by atoms with Crippen LogP contribution >= 0.6 is 0 Å². The molecule has 1 atom stereocenters. The van der Waals surface area contributed by atoms with Crippen molar-refractivity contribution in [3.05, 3.63) is 70.6 Å². The summed E-state index contributed by atoms with van der Waals surface area (Å²) < 4.78 is 10.4. The number of hydrogen-bond acceptors (Lipinski definition) is 5. The highest BCUT2D eigenvalue weighted by Gasteiger charge is 2.39. The summed E-state index contributed by atoms with van der Waals surface area (Å²) in [4.78, 5) is 12.0. The van der Waals surface area contributed by atoms with Crippen LogP contribution < -0.4 is 0 Å². The van der Waals surface area contributed by atoms with Gasteiger partial charge >= 0.3 is 0 Å². The number of ether oxygens (including phenoxy) is 2. The fraction of sp³-hybridized carbons (Fsp3) is 0.133. The van der Waals surface area contributed by atoms with E-state index in [1.54, 1.807) is 6.08 Å². The monoisotopic (exact) mass is 272 g/mol. The van der Waals surface area contributed by atoms with E-state index in [1.165, 1.54) is 7.11 Å². The molecule has 0 saturated carbocycles. The van der Waals surface area contributed by atoms with Crippen LogP contribution in [0, 0.1) is 0 Å². The summed E-state index contributed by atoms with van der Waals surface area (Å²) in [5.41, 5.74) is 0.996. The van der Waals surface area contributed by atoms with Crippen molar-refractivity contribution in [2.75, 3.05) is 7.11 Å². The van der Waals surface area contributed by atoms with Crippen molar-refractivity contribution in [3.8, 4) is 0 Å². The highest BCUT2D eigenvalue weighted by molar-refractivity contribution is 6.11. The van der Waals surface area contributed by atoms with Crippen molar-refractivity contribution in [1.29, 1.82) is 0 Å². The average molecular weight is 272 g/mol. The smallest absolute Gasteiger partial charge is 0.235 e. The Bertz CT molecular complexity index is 667. The zero-order valence-corrected chi connectivity index (χ0v) is 10.7. The first kappa shape index (κ1) is 12.3. The Morgan fingerprint density at radius 1 is 1.15 bits per heavy atom. The molecule has 1 aromatic carbocycles. The van der Waals surface area contributed by atoms with Crippen LogP contribution in [0.2, 0.25) is 0 Å². The van der Waals surface area contributed by atoms with Crippen molar-refractivity contribution in [2.24, 2.45) is 0 Å². The molecule has 5 nitrogen and oxygen atoms in total. The Balaban J connectivity index is 2.05. The van der Waals surface area contributed by atoms with Crippen molar-refractivity contribution in [1.82, 2.24) is 0 Å². The van der Waals surface area contributed by atoms with Crippen LogP contribution in [-0.4, -0.2) is 23.1 Å². The molecule has 2 aliphatic rings. The van der Waals surface area contributed by atoms with E-state index in [4.69, 9.17) is 9.47 Å². The van der Waals surface area contributed by atoms with E-state index in [9.17, 15) is 15.0 Å². The molecule has 1 aliphatic heterocycles. The maximum Gasteiger partial charge on any atom is 0.235 e. The van der Waals surface area contributed by atoms with Crippen molar-refractivity contribution < 1.29 is 24.5 Å². The van der Waals surface area contributed by atoms with Gasteiger partial charge in [-0.05, 0) is 11.6 Å². The number of carbonyl (C=O) groups excluding carboxylic acids is 1. The van der Waals surface area contributed by atoms with Gasteiger partial charge in [-0.2, -0.15) is 0 Å². The molecule has 1 aromatic rings. The maximum absolute atomic E-state index is 12.0. The van der Waals surface area contributed by atoms with Crippen molar-refractivity contribution in [3.63, 3.8) is 0 Å². The predicted molar refractivity (Wildman–Crippen MR) is 69.7 cm³/mol. The van der Waals surface area contributed by atoms with E-state index in [0.717, 1.165) is 5.56 Å². The standard InChI is InChI=1S/C15H12O5/c1-19-15-12(17)11(16)9-7-10(20-14(9)13(15)18)8-5-3-2-4-6-8/h2-7,10,17-18H,1H3. The van der Waals surface area contributed by atoms with Gasteiger partial charge in [-0.3, -0.25) is 4.79 Å². The minimum Gasteiger partial charge on any atom is -0.502 e. The number of ketones is 1. The van der Waals surface area contributed by atoms with Crippen molar-refractivity contribution in [2.45, 2.75) is 6.10 Å². The number of rotatable bonds is 2. The van der Waals surface area contributed by atoms with E-state index >= 15 is 0 Å². The molecule has 0 aromatic heterocycles. The fourth-order valence-corrected chi connectivity index (χ4v) is 2.26. The Hall–Kier alpha value is -2.69. The second-order valence-corrected chi connectivity index (χ2v) is 4.42. The molecule has 5 heteroatoms. The molecule has 0 spiro atoms. The summed E-state index contributed by atoms with van der Waals surface area (Å²) >= 11 is 0. The summed E-state index contributed by atoms with van der Waals surface area (Å²) in [7, 11) is 1.26. The fourth-order valence-electron chi connectivity index (χ4n) is 2.26. The van der Waals surface area contributed by atoms with Gasteiger partial charge in [-0.15, -0.1) is 0 Å². The third-order valence-corrected chi connectivity index (χ3v) is 3.24. The van der Waals surface area contributed by atoms with Gasteiger partial charge in [-0.1, -0.05) is 30.3 Å². The minimum atomic E-state index is -0.618. The molecular formula is C15H12O5. The molecule has 0 radical (unpaired) electrons. The van der Waals surface area contributed by atoms with E-state index in [1.807, 2.05) is 30.3 Å². The largest absolute Gasteiger partial charge is 0.502 e. The summed E-state index contributed by atoms with van der Waals surface area (Å²) in [6, 6.07) is 9.28. The van der Waals surface area contributed by atoms with Crippen molar-refractivity contribution >= 4 is 5.78 Å². The molecule has 1 aliphatic carbocycles. The summed E-state index contributed by atoms with van der Waals surface area (Å²) in [5.74, 6) is -1.82. The van der Waals surface area contributed by atoms with E-state index in [2.05, 4.69) is 0 Å². The molecule has 20 heavy (non-hydrogen) atoms. The topological polar surface area (TPSA) is 76.0 Å². The summed E-state index contributed by atoms with van der Waals surface area (Å²) in [6.45, 7) is 0. The number of allylic oxidation sites excluding steroid dienone is 2. The predicted octanol–water partition coefficient (Wildman–Crippen LogP) is 2.45. The maximum atomic E-state index is 12.0. The van der Waals surface area contributed by atoms with Gasteiger partial charge in [0.1, 0.15) is 6.10 Å². The third-order valence-electron chi connectivity index (χ3n) is 3.24. The number of aliphatic hydroxyl groups is 2. The van der Waals surface area contributed by atoms with E-state index in [-0.39, 0.29) is 22.9 Å². The molecule has 102 valence electrons. The number of fused-ring (bicyclic) bond motifs is 1. The SMILES string of the molecule is COC1=C(O)C(=O)C2=CC(c3ccccc3)OC2=C1O. The lowest BCUT2D eigenvalue weighted by atomic mass is 9.99. The van der Waals surface area contributed by atoms with Gasteiger partial charge in [0.2, 0.25) is 23.1 Å². The molecule has 0 fully saturated rings. The molecular weight excluding hydrogens is 260 g/mol. The second-order valence-electron chi connectivity index (χ2n) is 4.42. The molecule has 0 bridgehead atoms. The molecule has 1 unspecified atom stereocenters. The normalized spacial score (nSPS) is 21.6. The molecule has 0 saturated heterocycles. The van der Waals surface area contributed by atoms with Crippen LogP contribution in [0.1, 0.15) is 11.7 Å². The number of carbonyl (C=O) groups is 1. The van der Waals surface area contributed by atoms with E-state index < -0.39 is 17.6 Å². The van der Waals surface area contributed by atoms with Crippen LogP contribution in [0.4, 0.5) is 0 Å². The number of Topliss-reactive ketones (excluding diaryl/α,β-unsaturated/α-hetero) is 1. The highest BCUT2D eigenvalue weighted by atomic mass is 16.5. The molecule has 3 rings (SSSR count). The van der Waals surface area contributed by atoms with Crippen LogP contribution in [0.3, 0.4) is 0 Å². The third kappa shape index (κ3) is 1.67. The molecule has 1 heterocycles. The Kier molecular flexibility index (Phi) is 2.75. The Morgan fingerprint density at radius 2 is 1.85 bits per heavy atom. The number of benzene rings is 1. The lowest BCUT2D eigenvalue weighted by Crippen LogP contribution is -2.18. The van der Waals surface area contributed by atoms with Gasteiger partial charge < -0.3 is 19.7 Å². The van der Waals surface area contributed by atoms with Gasteiger partial charge in [-0.25, -0.2) is 0 Å². The number of aliphatic hydroxyl groups excluding tert-OH is 2. The lowest BCUT2D eigenvalue weighted by Gasteiger charge is -2.17. The first-order valence-electron chi connectivity index (χ1n) is 6.02.